The van der Waals surface area contributed by atoms with E-state index < -0.39 is 12.0 Å². The minimum absolute atomic E-state index is 0.0218. The Kier molecular flexibility index (Phi) is 5.68. The van der Waals surface area contributed by atoms with Crippen LogP contribution in [0.5, 0.6) is 5.75 Å². The van der Waals surface area contributed by atoms with Crippen LogP contribution in [0.1, 0.15) is 12.8 Å². The van der Waals surface area contributed by atoms with E-state index in [2.05, 4.69) is 21.2 Å². The molecule has 3 amide bonds. The number of imide groups is 1. The Balaban J connectivity index is 1.49. The Labute approximate surface area is 159 Å². The van der Waals surface area contributed by atoms with E-state index in [4.69, 9.17) is 4.74 Å². The Bertz CT molecular complexity index is 802. The maximum Gasteiger partial charge on any atom is 0.324 e. The van der Waals surface area contributed by atoms with E-state index in [1.807, 2.05) is 36.4 Å². The van der Waals surface area contributed by atoms with Crippen LogP contribution in [0.15, 0.2) is 53.0 Å². The van der Waals surface area contributed by atoms with Crippen LogP contribution in [-0.4, -0.2) is 35.9 Å². The van der Waals surface area contributed by atoms with Gasteiger partial charge in [-0.15, -0.1) is 0 Å². The van der Waals surface area contributed by atoms with Crippen molar-refractivity contribution in [1.29, 1.82) is 0 Å². The lowest BCUT2D eigenvalue weighted by Gasteiger charge is -2.11. The van der Waals surface area contributed by atoms with E-state index in [1.165, 1.54) is 0 Å². The van der Waals surface area contributed by atoms with E-state index in [0.717, 1.165) is 20.5 Å². The van der Waals surface area contributed by atoms with E-state index in [0.29, 0.717) is 12.2 Å². The quantitative estimate of drug-likeness (QED) is 0.445. The first-order chi connectivity index (χ1) is 12.5. The third-order valence-corrected chi connectivity index (χ3v) is 4.49. The summed E-state index contributed by atoms with van der Waals surface area (Å²) in [5.74, 6) is -0.203. The van der Waals surface area contributed by atoms with Crippen molar-refractivity contribution in [3.63, 3.8) is 0 Å². The molecule has 1 aliphatic rings. The van der Waals surface area contributed by atoms with Gasteiger partial charge in [-0.1, -0.05) is 40.2 Å². The summed E-state index contributed by atoms with van der Waals surface area (Å²) in [4.78, 5) is 35.9. The second-order valence-corrected chi connectivity index (χ2v) is 6.73. The predicted octanol–water partition coefficient (Wildman–Crippen LogP) is 3.35. The van der Waals surface area contributed by atoms with Gasteiger partial charge in [0.1, 0.15) is 5.75 Å². The fourth-order valence-corrected chi connectivity index (χ4v) is 2.87. The minimum atomic E-state index is -0.410. The van der Waals surface area contributed by atoms with Crippen molar-refractivity contribution in [3.05, 3.63) is 53.0 Å². The highest BCUT2D eigenvalue weighted by Gasteiger charge is 2.27. The van der Waals surface area contributed by atoms with Crippen LogP contribution >= 0.6 is 15.9 Å². The topological polar surface area (TPSA) is 75.7 Å². The number of ether oxygens (including phenoxy) is 1. The highest BCUT2D eigenvalue weighted by molar-refractivity contribution is 9.10. The summed E-state index contributed by atoms with van der Waals surface area (Å²) in [7, 11) is 0. The molecule has 0 aliphatic carbocycles. The van der Waals surface area contributed by atoms with Gasteiger partial charge in [0.2, 0.25) is 5.91 Å². The fourth-order valence-electron chi connectivity index (χ4n) is 2.60. The molecule has 0 unspecified atom stereocenters. The van der Waals surface area contributed by atoms with Gasteiger partial charge in [0.25, 0.3) is 0 Å². The lowest BCUT2D eigenvalue weighted by molar-refractivity contribution is -0.135. The largest absolute Gasteiger partial charge is 0.427 e. The summed E-state index contributed by atoms with van der Waals surface area (Å²) < 4.78 is 6.31. The summed E-state index contributed by atoms with van der Waals surface area (Å²) in [6.07, 6.45) is 0.500. The maximum atomic E-state index is 11.9. The first-order valence-corrected chi connectivity index (χ1v) is 8.97. The smallest absolute Gasteiger partial charge is 0.324 e. The number of benzene rings is 2. The number of hydrogen-bond acceptors (Lipinski definition) is 4. The Morgan fingerprint density at radius 3 is 2.23 bits per heavy atom. The summed E-state index contributed by atoms with van der Waals surface area (Å²) in [6.45, 7) is 0.232. The minimum Gasteiger partial charge on any atom is -0.427 e. The Hall–Kier alpha value is -2.67. The van der Waals surface area contributed by atoms with E-state index in [-0.39, 0.29) is 25.4 Å². The summed E-state index contributed by atoms with van der Waals surface area (Å²) >= 11 is 3.40. The van der Waals surface area contributed by atoms with Crippen LogP contribution in [0.4, 0.5) is 4.79 Å². The van der Waals surface area contributed by atoms with Crippen LogP contribution in [0.2, 0.25) is 0 Å². The van der Waals surface area contributed by atoms with Gasteiger partial charge in [-0.2, -0.15) is 0 Å². The lowest BCUT2D eigenvalue weighted by Crippen LogP contribution is -2.32. The van der Waals surface area contributed by atoms with Crippen molar-refractivity contribution in [2.45, 2.75) is 12.8 Å². The molecule has 1 aliphatic heterocycles. The molecule has 7 heteroatoms. The highest BCUT2D eigenvalue weighted by Crippen LogP contribution is 2.24. The number of amides is 3. The summed E-state index contributed by atoms with van der Waals surface area (Å²) in [5, 5.41) is 2.44. The number of hydrogen-bond donors (Lipinski definition) is 1. The number of carbonyl (C=O) groups excluding carboxylic acids is 3. The first-order valence-electron chi connectivity index (χ1n) is 8.18. The molecule has 0 radical (unpaired) electrons. The number of halogens is 1. The van der Waals surface area contributed by atoms with Gasteiger partial charge in [0.05, 0.1) is 6.54 Å². The molecule has 0 spiro atoms. The molecule has 3 rings (SSSR count). The van der Waals surface area contributed by atoms with Crippen molar-refractivity contribution in [1.82, 2.24) is 10.2 Å². The van der Waals surface area contributed by atoms with Gasteiger partial charge >= 0.3 is 12.0 Å². The maximum absolute atomic E-state index is 11.9. The molecule has 134 valence electrons. The second kappa shape index (κ2) is 8.14. The third-order valence-electron chi connectivity index (χ3n) is 3.96. The van der Waals surface area contributed by atoms with Gasteiger partial charge in [0, 0.05) is 17.4 Å². The van der Waals surface area contributed by atoms with Gasteiger partial charge in [-0.25, -0.2) is 4.79 Å². The lowest BCUT2D eigenvalue weighted by atomic mass is 10.1. The molecule has 0 atom stereocenters. The number of nitrogens with zero attached hydrogens (tertiary/aromatic N) is 1. The molecule has 1 heterocycles. The molecule has 2 aromatic rings. The van der Waals surface area contributed by atoms with Crippen LogP contribution in [0, 0.1) is 0 Å². The number of esters is 1. The van der Waals surface area contributed by atoms with Gasteiger partial charge in [-0.3, -0.25) is 14.5 Å². The number of nitrogens with one attached hydrogen (secondary N) is 1. The van der Waals surface area contributed by atoms with Crippen molar-refractivity contribution >= 4 is 33.8 Å². The normalized spacial score (nSPS) is 13.7. The summed E-state index contributed by atoms with van der Waals surface area (Å²) in [5.41, 5.74) is 2.09. The zero-order valence-electron chi connectivity index (χ0n) is 13.9. The summed E-state index contributed by atoms with van der Waals surface area (Å²) in [6, 6.07) is 14.8. The van der Waals surface area contributed by atoms with Crippen molar-refractivity contribution in [2.75, 3.05) is 13.1 Å². The number of urea groups is 1. The van der Waals surface area contributed by atoms with Crippen LogP contribution in [0.25, 0.3) is 11.1 Å². The average molecular weight is 417 g/mol. The first kappa shape index (κ1) is 18.1. The third kappa shape index (κ3) is 4.49. The molecule has 6 nitrogen and oxygen atoms in total. The SMILES string of the molecule is O=C(CCCN1C(=O)CNC1=O)Oc1ccc(-c2ccc(Br)cc2)cc1. The van der Waals surface area contributed by atoms with E-state index >= 15 is 0 Å². The van der Waals surface area contributed by atoms with Gasteiger partial charge < -0.3 is 10.1 Å². The zero-order chi connectivity index (χ0) is 18.5. The highest BCUT2D eigenvalue weighted by atomic mass is 79.9. The molecule has 26 heavy (non-hydrogen) atoms. The monoisotopic (exact) mass is 416 g/mol. The Morgan fingerprint density at radius 1 is 1.04 bits per heavy atom. The molecule has 1 saturated heterocycles. The molecule has 1 fully saturated rings. The van der Waals surface area contributed by atoms with Crippen LogP contribution in [0.3, 0.4) is 0 Å². The number of rotatable bonds is 6. The average Bonchev–Trinajstić information content (AvgIpc) is 2.95. The van der Waals surface area contributed by atoms with E-state index in [9.17, 15) is 14.4 Å². The van der Waals surface area contributed by atoms with Gasteiger partial charge in [0.15, 0.2) is 0 Å². The van der Waals surface area contributed by atoms with Crippen LogP contribution in [-0.2, 0) is 9.59 Å². The second-order valence-electron chi connectivity index (χ2n) is 5.81. The standard InChI is InChI=1S/C19H17BrN2O4/c20-15-7-3-13(4-8-15)14-5-9-16(10-6-14)26-18(24)2-1-11-22-17(23)12-21-19(22)25/h3-10H,1-2,11-12H2,(H,21,25). The Morgan fingerprint density at radius 2 is 1.65 bits per heavy atom. The van der Waals surface area contributed by atoms with Gasteiger partial charge in [-0.05, 0) is 41.8 Å². The molecular weight excluding hydrogens is 400 g/mol. The molecular formula is C19H17BrN2O4. The zero-order valence-corrected chi connectivity index (χ0v) is 15.5. The van der Waals surface area contributed by atoms with Crippen LogP contribution < -0.4 is 10.1 Å². The fraction of sp³-hybridized carbons (Fsp3) is 0.211. The predicted molar refractivity (Wildman–Crippen MR) is 99.6 cm³/mol. The van der Waals surface area contributed by atoms with Crippen molar-refractivity contribution in [3.8, 4) is 16.9 Å². The molecule has 0 aromatic heterocycles. The van der Waals surface area contributed by atoms with Crippen molar-refractivity contribution in [2.24, 2.45) is 0 Å². The molecule has 0 bridgehead atoms. The molecule has 1 N–H and O–H groups in total. The van der Waals surface area contributed by atoms with E-state index in [1.54, 1.807) is 12.1 Å². The molecule has 0 saturated carbocycles. The van der Waals surface area contributed by atoms with Crippen molar-refractivity contribution < 1.29 is 19.1 Å². The number of carbonyl (C=O) groups is 3. The molecule has 2 aromatic carbocycles.